The van der Waals surface area contributed by atoms with Crippen LogP contribution in [-0.2, 0) is 4.79 Å². The molecule has 0 aromatic heterocycles. The number of rotatable bonds is 5. The Morgan fingerprint density at radius 1 is 1.32 bits per heavy atom. The summed E-state index contributed by atoms with van der Waals surface area (Å²) in [5.41, 5.74) is 5.90. The summed E-state index contributed by atoms with van der Waals surface area (Å²) < 4.78 is 13.9. The fourth-order valence-electron chi connectivity index (χ4n) is 2.66. The van der Waals surface area contributed by atoms with Gasteiger partial charge in [-0.3, -0.25) is 4.79 Å². The van der Waals surface area contributed by atoms with Crippen LogP contribution in [0.1, 0.15) is 32.1 Å². The van der Waals surface area contributed by atoms with Gasteiger partial charge < -0.3 is 10.6 Å². The molecule has 0 saturated heterocycles. The van der Waals surface area contributed by atoms with E-state index in [2.05, 4.69) is 0 Å². The molecule has 1 aliphatic carbocycles. The van der Waals surface area contributed by atoms with Crippen LogP contribution in [0.4, 0.5) is 10.1 Å². The smallest absolute Gasteiger partial charge is 0.230 e. The third kappa shape index (κ3) is 3.32. The maximum Gasteiger partial charge on any atom is 0.230 e. The highest BCUT2D eigenvalue weighted by Crippen LogP contribution is 2.29. The van der Waals surface area contributed by atoms with E-state index in [0.29, 0.717) is 25.2 Å². The molecule has 0 heterocycles. The summed E-state index contributed by atoms with van der Waals surface area (Å²) >= 11 is 0. The summed E-state index contributed by atoms with van der Waals surface area (Å²) in [6.45, 7) is 0.996. The quantitative estimate of drug-likeness (QED) is 0.888. The maximum atomic E-state index is 13.9. The van der Waals surface area contributed by atoms with Crippen LogP contribution in [-0.4, -0.2) is 19.0 Å². The Labute approximate surface area is 113 Å². The first kappa shape index (κ1) is 14.0. The zero-order valence-electron chi connectivity index (χ0n) is 11.1. The zero-order chi connectivity index (χ0) is 13.7. The average Bonchev–Trinajstić information content (AvgIpc) is 2.94. The van der Waals surface area contributed by atoms with E-state index in [-0.39, 0.29) is 17.6 Å². The lowest BCUT2D eigenvalue weighted by Gasteiger charge is -2.26. The molecule has 1 saturated carbocycles. The molecule has 3 nitrogen and oxygen atoms in total. The number of halogens is 1. The molecule has 1 amide bonds. The minimum atomic E-state index is -0.342. The van der Waals surface area contributed by atoms with Crippen LogP contribution in [0, 0.1) is 11.7 Å². The summed E-state index contributed by atoms with van der Waals surface area (Å²) in [7, 11) is 0. The van der Waals surface area contributed by atoms with Crippen LogP contribution >= 0.6 is 0 Å². The molecule has 1 aliphatic rings. The predicted molar refractivity (Wildman–Crippen MR) is 74.4 cm³/mol. The van der Waals surface area contributed by atoms with E-state index >= 15 is 0 Å². The first-order valence-electron chi connectivity index (χ1n) is 7.00. The normalized spacial score (nSPS) is 15.7. The van der Waals surface area contributed by atoms with Crippen LogP contribution in [0.25, 0.3) is 0 Å². The Bertz CT molecular complexity index is 430. The van der Waals surface area contributed by atoms with Gasteiger partial charge in [0.15, 0.2) is 0 Å². The van der Waals surface area contributed by atoms with Crippen molar-refractivity contribution in [3.63, 3.8) is 0 Å². The predicted octanol–water partition coefficient (Wildman–Crippen LogP) is 2.70. The number of benzene rings is 1. The average molecular weight is 264 g/mol. The van der Waals surface area contributed by atoms with Gasteiger partial charge in [0.05, 0.1) is 5.69 Å². The first-order chi connectivity index (χ1) is 9.24. The molecule has 0 radical (unpaired) electrons. The van der Waals surface area contributed by atoms with Gasteiger partial charge in [-0.15, -0.1) is 0 Å². The molecule has 1 fully saturated rings. The number of para-hydroxylation sites is 1. The van der Waals surface area contributed by atoms with E-state index in [1.165, 1.54) is 6.07 Å². The van der Waals surface area contributed by atoms with Crippen LogP contribution in [0.2, 0.25) is 0 Å². The van der Waals surface area contributed by atoms with Gasteiger partial charge in [0.25, 0.3) is 0 Å². The number of carbonyl (C=O) groups is 1. The number of nitrogens with zero attached hydrogens (tertiary/aromatic N) is 1. The number of anilines is 1. The summed E-state index contributed by atoms with van der Waals surface area (Å²) in [6, 6.07) is 6.46. The second-order valence-electron chi connectivity index (χ2n) is 5.06. The SMILES string of the molecule is NCCCN(C(=O)C1CCCC1)c1ccccc1F. The third-order valence-electron chi connectivity index (χ3n) is 3.70. The van der Waals surface area contributed by atoms with Gasteiger partial charge in [-0.25, -0.2) is 4.39 Å². The van der Waals surface area contributed by atoms with Crippen molar-refractivity contribution in [2.75, 3.05) is 18.0 Å². The lowest BCUT2D eigenvalue weighted by Crippen LogP contribution is -2.37. The lowest BCUT2D eigenvalue weighted by molar-refractivity contribution is -0.122. The molecule has 0 atom stereocenters. The molecule has 0 spiro atoms. The van der Waals surface area contributed by atoms with Crippen molar-refractivity contribution in [1.82, 2.24) is 0 Å². The molecule has 0 bridgehead atoms. The number of carbonyl (C=O) groups excluding carboxylic acids is 1. The summed E-state index contributed by atoms with van der Waals surface area (Å²) in [5, 5.41) is 0. The van der Waals surface area contributed by atoms with Crippen molar-refractivity contribution >= 4 is 11.6 Å². The molecule has 0 aliphatic heterocycles. The van der Waals surface area contributed by atoms with Crippen LogP contribution < -0.4 is 10.6 Å². The molecule has 0 unspecified atom stereocenters. The van der Waals surface area contributed by atoms with Gasteiger partial charge in [0, 0.05) is 12.5 Å². The highest BCUT2D eigenvalue weighted by Gasteiger charge is 2.28. The Morgan fingerprint density at radius 3 is 2.63 bits per heavy atom. The van der Waals surface area contributed by atoms with Crippen LogP contribution in [0.15, 0.2) is 24.3 Å². The third-order valence-corrected chi connectivity index (χ3v) is 3.70. The number of nitrogens with two attached hydrogens (primary N) is 1. The van der Waals surface area contributed by atoms with Crippen molar-refractivity contribution < 1.29 is 9.18 Å². The highest BCUT2D eigenvalue weighted by atomic mass is 19.1. The maximum absolute atomic E-state index is 13.9. The Kier molecular flexibility index (Phi) is 4.91. The van der Waals surface area contributed by atoms with Gasteiger partial charge in [-0.05, 0) is 37.9 Å². The first-order valence-corrected chi connectivity index (χ1v) is 7.00. The van der Waals surface area contributed by atoms with E-state index < -0.39 is 0 Å². The van der Waals surface area contributed by atoms with Crippen molar-refractivity contribution in [1.29, 1.82) is 0 Å². The fourth-order valence-corrected chi connectivity index (χ4v) is 2.66. The molecule has 104 valence electrons. The monoisotopic (exact) mass is 264 g/mol. The Morgan fingerprint density at radius 2 is 2.00 bits per heavy atom. The van der Waals surface area contributed by atoms with Gasteiger partial charge in [-0.1, -0.05) is 25.0 Å². The van der Waals surface area contributed by atoms with E-state index in [1.807, 2.05) is 0 Å². The Hall–Kier alpha value is -1.42. The lowest BCUT2D eigenvalue weighted by atomic mass is 10.1. The van der Waals surface area contributed by atoms with Crippen molar-refractivity contribution in [3.05, 3.63) is 30.1 Å². The minimum Gasteiger partial charge on any atom is -0.330 e. The molecule has 19 heavy (non-hydrogen) atoms. The van der Waals surface area contributed by atoms with Crippen molar-refractivity contribution in [2.24, 2.45) is 11.7 Å². The minimum absolute atomic E-state index is 0.0519. The van der Waals surface area contributed by atoms with E-state index in [9.17, 15) is 9.18 Å². The molecule has 2 N–H and O–H groups in total. The second kappa shape index (κ2) is 6.66. The molecular weight excluding hydrogens is 243 g/mol. The van der Waals surface area contributed by atoms with E-state index in [1.54, 1.807) is 23.1 Å². The van der Waals surface area contributed by atoms with Crippen molar-refractivity contribution in [2.45, 2.75) is 32.1 Å². The van der Waals surface area contributed by atoms with Gasteiger partial charge >= 0.3 is 0 Å². The molecule has 1 aromatic rings. The fraction of sp³-hybridized carbons (Fsp3) is 0.533. The largest absolute Gasteiger partial charge is 0.330 e. The van der Waals surface area contributed by atoms with E-state index in [0.717, 1.165) is 25.7 Å². The summed E-state index contributed by atoms with van der Waals surface area (Å²) in [5.74, 6) is -0.237. The number of hydrogen-bond acceptors (Lipinski definition) is 2. The van der Waals surface area contributed by atoms with Gasteiger partial charge in [0.2, 0.25) is 5.91 Å². The van der Waals surface area contributed by atoms with Crippen LogP contribution in [0.3, 0.4) is 0 Å². The molecule has 1 aromatic carbocycles. The summed E-state index contributed by atoms with van der Waals surface area (Å²) in [4.78, 5) is 14.1. The summed E-state index contributed by atoms with van der Waals surface area (Å²) in [6.07, 6.45) is 4.72. The topological polar surface area (TPSA) is 46.3 Å². The standard InChI is InChI=1S/C15H21FN2O/c16-13-8-3-4-9-14(13)18(11-5-10-17)15(19)12-6-1-2-7-12/h3-4,8-9,12H,1-2,5-7,10-11,17H2. The second-order valence-corrected chi connectivity index (χ2v) is 5.06. The number of amides is 1. The zero-order valence-corrected chi connectivity index (χ0v) is 11.1. The van der Waals surface area contributed by atoms with Gasteiger partial charge in [0.1, 0.15) is 5.82 Å². The molecular formula is C15H21FN2O. The van der Waals surface area contributed by atoms with Gasteiger partial charge in [-0.2, -0.15) is 0 Å². The highest BCUT2D eigenvalue weighted by molar-refractivity contribution is 5.95. The molecule has 2 rings (SSSR count). The number of hydrogen-bond donors (Lipinski definition) is 1. The van der Waals surface area contributed by atoms with Crippen LogP contribution in [0.5, 0.6) is 0 Å². The molecule has 4 heteroatoms. The Balaban J connectivity index is 2.19. The van der Waals surface area contributed by atoms with E-state index in [4.69, 9.17) is 5.73 Å². The van der Waals surface area contributed by atoms with Crippen molar-refractivity contribution in [3.8, 4) is 0 Å².